The normalized spacial score (nSPS) is 12.0. The minimum atomic E-state index is -0.889. The molecule has 1 heterocycles. The molecule has 198 valence electrons. The highest BCUT2D eigenvalue weighted by molar-refractivity contribution is 7.97. The second-order valence-corrected chi connectivity index (χ2v) is 10.2. The summed E-state index contributed by atoms with van der Waals surface area (Å²) in [5.41, 5.74) is 2.56. The van der Waals surface area contributed by atoms with E-state index in [4.69, 9.17) is 9.15 Å². The average molecular weight is 542 g/mol. The molecular weight excluding hydrogens is 514 g/mol. The standard InChI is InChI=1S/C30H27N3O5S/c1-18(2)28(29(34)35)33-39-23-12-13-24-25-16-20(11-14-26(25)38-27(24)17-23)32-30(36)31-19-7-6-10-22(15-19)37-21-8-4-3-5-9-21/h3-18,28,33H,1-2H3,(H,34,35)(H2,31,32,36). The van der Waals surface area contributed by atoms with Crippen LogP contribution in [0.25, 0.3) is 21.9 Å². The summed E-state index contributed by atoms with van der Waals surface area (Å²) < 4.78 is 14.9. The van der Waals surface area contributed by atoms with Crippen LogP contribution < -0.4 is 20.1 Å². The molecule has 0 saturated carbocycles. The minimum absolute atomic E-state index is 0.0559. The molecule has 2 amide bonds. The van der Waals surface area contributed by atoms with E-state index in [0.717, 1.165) is 15.7 Å². The number of nitrogens with one attached hydrogen (secondary N) is 3. The molecule has 0 radical (unpaired) electrons. The van der Waals surface area contributed by atoms with Crippen LogP contribution in [0.5, 0.6) is 11.5 Å². The predicted octanol–water partition coefficient (Wildman–Crippen LogP) is 7.73. The third kappa shape index (κ3) is 6.34. The van der Waals surface area contributed by atoms with Gasteiger partial charge in [0.2, 0.25) is 0 Å². The fourth-order valence-electron chi connectivity index (χ4n) is 4.06. The SMILES string of the molecule is CC(C)C(NSc1ccc2c(c1)oc1ccc(NC(=O)Nc3cccc(Oc4ccccc4)c3)cc12)C(=O)O. The van der Waals surface area contributed by atoms with Gasteiger partial charge in [-0.05, 0) is 78.5 Å². The van der Waals surface area contributed by atoms with Gasteiger partial charge in [-0.1, -0.05) is 38.1 Å². The van der Waals surface area contributed by atoms with Gasteiger partial charge in [-0.25, -0.2) is 9.52 Å². The van der Waals surface area contributed by atoms with E-state index in [1.54, 1.807) is 18.2 Å². The molecule has 5 rings (SSSR count). The summed E-state index contributed by atoms with van der Waals surface area (Å²) in [4.78, 5) is 25.0. The smallest absolute Gasteiger partial charge is 0.323 e. The second-order valence-electron chi connectivity index (χ2n) is 9.27. The van der Waals surface area contributed by atoms with Gasteiger partial charge in [-0.2, -0.15) is 0 Å². The first kappa shape index (κ1) is 26.1. The number of carboxylic acids is 1. The molecule has 0 aliphatic rings. The lowest BCUT2D eigenvalue weighted by Gasteiger charge is -2.16. The molecule has 1 aromatic heterocycles. The number of furan rings is 1. The number of para-hydroxylation sites is 1. The van der Waals surface area contributed by atoms with E-state index in [1.807, 2.05) is 86.6 Å². The maximum Gasteiger partial charge on any atom is 0.323 e. The lowest BCUT2D eigenvalue weighted by Crippen LogP contribution is -2.36. The summed E-state index contributed by atoms with van der Waals surface area (Å²) in [6, 6.07) is 26.7. The van der Waals surface area contributed by atoms with Crippen LogP contribution in [0.3, 0.4) is 0 Å². The highest BCUT2D eigenvalue weighted by Gasteiger charge is 2.21. The van der Waals surface area contributed by atoms with Crippen LogP contribution in [0.1, 0.15) is 13.8 Å². The van der Waals surface area contributed by atoms with Crippen molar-refractivity contribution in [2.75, 3.05) is 10.6 Å². The fourth-order valence-corrected chi connectivity index (χ4v) is 5.00. The number of urea groups is 1. The van der Waals surface area contributed by atoms with Crippen molar-refractivity contribution in [2.24, 2.45) is 5.92 Å². The Hall–Kier alpha value is -4.47. The first-order valence-electron chi connectivity index (χ1n) is 12.4. The van der Waals surface area contributed by atoms with E-state index in [1.165, 1.54) is 11.9 Å². The van der Waals surface area contributed by atoms with E-state index in [2.05, 4.69) is 15.4 Å². The van der Waals surface area contributed by atoms with Gasteiger partial charge in [-0.3, -0.25) is 4.79 Å². The molecule has 4 N–H and O–H groups in total. The van der Waals surface area contributed by atoms with Crippen LogP contribution in [0, 0.1) is 5.92 Å². The zero-order valence-electron chi connectivity index (χ0n) is 21.3. The summed E-state index contributed by atoms with van der Waals surface area (Å²) in [5, 5.41) is 16.8. The van der Waals surface area contributed by atoms with Crippen molar-refractivity contribution in [1.82, 2.24) is 4.72 Å². The molecule has 39 heavy (non-hydrogen) atoms. The lowest BCUT2D eigenvalue weighted by atomic mass is 10.1. The van der Waals surface area contributed by atoms with Crippen molar-refractivity contribution >= 4 is 57.3 Å². The third-order valence-electron chi connectivity index (χ3n) is 6.01. The van der Waals surface area contributed by atoms with Crippen molar-refractivity contribution in [3.8, 4) is 11.5 Å². The largest absolute Gasteiger partial charge is 0.480 e. The second kappa shape index (κ2) is 11.5. The lowest BCUT2D eigenvalue weighted by molar-refractivity contribution is -0.139. The van der Waals surface area contributed by atoms with Crippen LogP contribution >= 0.6 is 11.9 Å². The number of amides is 2. The first-order chi connectivity index (χ1) is 18.9. The molecule has 0 aliphatic heterocycles. The number of hydrogen-bond acceptors (Lipinski definition) is 6. The topological polar surface area (TPSA) is 113 Å². The molecule has 4 aromatic carbocycles. The summed E-state index contributed by atoms with van der Waals surface area (Å²) in [7, 11) is 0. The number of fused-ring (bicyclic) bond motifs is 3. The summed E-state index contributed by atoms with van der Waals surface area (Å²) >= 11 is 1.26. The number of rotatable bonds is 9. The summed E-state index contributed by atoms with van der Waals surface area (Å²) in [5.74, 6) is 0.377. The van der Waals surface area contributed by atoms with E-state index < -0.39 is 12.0 Å². The average Bonchev–Trinajstić information content (AvgIpc) is 3.26. The van der Waals surface area contributed by atoms with Gasteiger partial charge in [0.05, 0.1) is 0 Å². The van der Waals surface area contributed by atoms with Gasteiger partial charge in [0.15, 0.2) is 0 Å². The van der Waals surface area contributed by atoms with E-state index >= 15 is 0 Å². The van der Waals surface area contributed by atoms with Gasteiger partial charge in [0.25, 0.3) is 0 Å². The highest BCUT2D eigenvalue weighted by atomic mass is 32.2. The molecule has 5 aromatic rings. The summed E-state index contributed by atoms with van der Waals surface area (Å²) in [6.45, 7) is 3.72. The number of carbonyl (C=O) groups is 2. The van der Waals surface area contributed by atoms with Crippen LogP contribution in [-0.2, 0) is 4.79 Å². The van der Waals surface area contributed by atoms with Gasteiger partial charge in [-0.15, -0.1) is 0 Å². The Kier molecular flexibility index (Phi) is 7.72. The maximum absolute atomic E-state index is 12.7. The van der Waals surface area contributed by atoms with Crippen molar-refractivity contribution < 1.29 is 23.8 Å². The summed E-state index contributed by atoms with van der Waals surface area (Å²) in [6.07, 6.45) is 0. The Morgan fingerprint density at radius 1 is 0.795 bits per heavy atom. The van der Waals surface area contributed by atoms with Crippen LogP contribution in [0.15, 0.2) is 100 Å². The first-order valence-corrected chi connectivity index (χ1v) is 13.2. The molecule has 9 heteroatoms. The minimum Gasteiger partial charge on any atom is -0.480 e. The Labute approximate surface area is 229 Å². The molecule has 8 nitrogen and oxygen atoms in total. The number of ether oxygens (including phenoxy) is 1. The van der Waals surface area contributed by atoms with E-state index in [0.29, 0.717) is 34.0 Å². The molecular formula is C30H27N3O5S. The monoisotopic (exact) mass is 541 g/mol. The molecule has 0 bridgehead atoms. The Bertz CT molecular complexity index is 1630. The van der Waals surface area contributed by atoms with Gasteiger partial charge in [0.1, 0.15) is 28.7 Å². The van der Waals surface area contributed by atoms with Crippen LogP contribution in [0.2, 0.25) is 0 Å². The number of carbonyl (C=O) groups excluding carboxylic acids is 1. The molecule has 1 unspecified atom stereocenters. The fraction of sp³-hybridized carbons (Fsp3) is 0.133. The van der Waals surface area contributed by atoms with Crippen molar-refractivity contribution in [3.63, 3.8) is 0 Å². The zero-order chi connectivity index (χ0) is 27.4. The predicted molar refractivity (Wildman–Crippen MR) is 155 cm³/mol. The Morgan fingerprint density at radius 2 is 1.54 bits per heavy atom. The Morgan fingerprint density at radius 3 is 2.28 bits per heavy atom. The third-order valence-corrected chi connectivity index (χ3v) is 6.87. The van der Waals surface area contributed by atoms with Gasteiger partial charge < -0.3 is 24.9 Å². The van der Waals surface area contributed by atoms with Crippen LogP contribution in [-0.4, -0.2) is 23.1 Å². The number of aliphatic carboxylic acids is 1. The van der Waals surface area contributed by atoms with Crippen molar-refractivity contribution in [1.29, 1.82) is 0 Å². The van der Waals surface area contributed by atoms with Crippen LogP contribution in [0.4, 0.5) is 16.2 Å². The van der Waals surface area contributed by atoms with Crippen molar-refractivity contribution in [2.45, 2.75) is 24.8 Å². The quantitative estimate of drug-likeness (QED) is 0.141. The molecule has 0 spiro atoms. The number of carboxylic acid groups (broad SMARTS) is 1. The number of anilines is 2. The van der Waals surface area contributed by atoms with Gasteiger partial charge >= 0.3 is 12.0 Å². The number of hydrogen-bond donors (Lipinski definition) is 4. The Balaban J connectivity index is 1.27. The molecule has 0 saturated heterocycles. The highest BCUT2D eigenvalue weighted by Crippen LogP contribution is 2.33. The van der Waals surface area contributed by atoms with E-state index in [-0.39, 0.29) is 11.9 Å². The zero-order valence-corrected chi connectivity index (χ0v) is 22.1. The van der Waals surface area contributed by atoms with Crippen molar-refractivity contribution in [3.05, 3.63) is 91.0 Å². The van der Waals surface area contributed by atoms with E-state index in [9.17, 15) is 14.7 Å². The molecule has 1 atom stereocenters. The molecule has 0 fully saturated rings. The maximum atomic E-state index is 12.7. The van der Waals surface area contributed by atoms with Gasteiger partial charge in [0, 0.05) is 33.1 Å². The number of benzene rings is 4. The molecule has 0 aliphatic carbocycles.